The van der Waals surface area contributed by atoms with Crippen LogP contribution in [-0.4, -0.2) is 36.5 Å². The van der Waals surface area contributed by atoms with Crippen LogP contribution in [0.5, 0.6) is 0 Å². The van der Waals surface area contributed by atoms with Gasteiger partial charge in [0, 0.05) is 23.5 Å². The molecule has 2 aromatic rings. The van der Waals surface area contributed by atoms with E-state index < -0.39 is 0 Å². The van der Waals surface area contributed by atoms with Gasteiger partial charge in [0.1, 0.15) is 11.8 Å². The predicted octanol–water partition coefficient (Wildman–Crippen LogP) is 2.63. The second-order valence-electron chi connectivity index (χ2n) is 6.65. The van der Waals surface area contributed by atoms with E-state index in [-0.39, 0.29) is 11.9 Å². The molecular formula is C19H20N2O2. The number of fused-ring (bicyclic) bond motifs is 5. The second kappa shape index (κ2) is 5.75. The van der Waals surface area contributed by atoms with Crippen LogP contribution in [0.2, 0.25) is 0 Å². The van der Waals surface area contributed by atoms with E-state index in [2.05, 4.69) is 16.1 Å². The first kappa shape index (κ1) is 14.3. The number of rotatable bonds is 2. The van der Waals surface area contributed by atoms with E-state index in [0.717, 1.165) is 29.8 Å². The average Bonchev–Trinajstić information content (AvgIpc) is 2.76. The van der Waals surface area contributed by atoms with Gasteiger partial charge in [-0.3, -0.25) is 4.79 Å². The standard InChI is InChI=1S/C19H20N2O2/c1-2-14-12-23-18-10-15(3-4-17(14)18)19(22)20-16-9-13-5-7-21(11-16)8-6-13/h1,3-4,10,12-13,16H,5-9,11H2,(H,20,22)/t16-/m1/s1. The lowest BCUT2D eigenvalue weighted by atomic mass is 9.94. The van der Waals surface area contributed by atoms with E-state index in [1.165, 1.54) is 25.9 Å². The van der Waals surface area contributed by atoms with E-state index in [9.17, 15) is 4.79 Å². The molecule has 0 unspecified atom stereocenters. The van der Waals surface area contributed by atoms with Gasteiger partial charge in [0.15, 0.2) is 0 Å². The van der Waals surface area contributed by atoms with Crippen molar-refractivity contribution in [1.82, 2.24) is 10.2 Å². The Hall–Kier alpha value is -2.25. The molecular weight excluding hydrogens is 288 g/mol. The fourth-order valence-electron chi connectivity index (χ4n) is 3.85. The van der Waals surface area contributed by atoms with Gasteiger partial charge in [-0.2, -0.15) is 0 Å². The molecule has 1 N–H and O–H groups in total. The van der Waals surface area contributed by atoms with Gasteiger partial charge >= 0.3 is 0 Å². The Labute approximate surface area is 135 Å². The van der Waals surface area contributed by atoms with Crippen LogP contribution in [-0.2, 0) is 0 Å². The third kappa shape index (κ3) is 2.73. The van der Waals surface area contributed by atoms with Gasteiger partial charge in [-0.15, -0.1) is 6.42 Å². The first-order chi connectivity index (χ1) is 11.2. The number of amides is 1. The van der Waals surface area contributed by atoms with Crippen LogP contribution in [0.1, 0.15) is 35.2 Å². The summed E-state index contributed by atoms with van der Waals surface area (Å²) < 4.78 is 5.45. The molecule has 3 aliphatic heterocycles. The van der Waals surface area contributed by atoms with Crippen molar-refractivity contribution in [3.63, 3.8) is 0 Å². The molecule has 5 rings (SSSR count). The van der Waals surface area contributed by atoms with Gasteiger partial charge in [0.2, 0.25) is 0 Å². The van der Waals surface area contributed by atoms with Gasteiger partial charge in [0.25, 0.3) is 5.91 Å². The summed E-state index contributed by atoms with van der Waals surface area (Å²) in [6.45, 7) is 3.31. The SMILES string of the molecule is C#Cc1coc2cc(C(=O)N[C@@H]3CC4CCN(CC4)C3)ccc12. The lowest BCUT2D eigenvalue weighted by molar-refractivity contribution is 0.0929. The smallest absolute Gasteiger partial charge is 0.251 e. The quantitative estimate of drug-likeness (QED) is 0.868. The van der Waals surface area contributed by atoms with Crippen molar-refractivity contribution < 1.29 is 9.21 Å². The minimum absolute atomic E-state index is 0.0296. The number of furan rings is 1. The molecule has 4 heterocycles. The van der Waals surface area contributed by atoms with Crippen LogP contribution in [0.15, 0.2) is 28.9 Å². The van der Waals surface area contributed by atoms with Gasteiger partial charge in [-0.25, -0.2) is 0 Å². The van der Waals surface area contributed by atoms with Crippen molar-refractivity contribution in [2.75, 3.05) is 19.6 Å². The highest BCUT2D eigenvalue weighted by atomic mass is 16.3. The Morgan fingerprint density at radius 1 is 1.35 bits per heavy atom. The zero-order valence-corrected chi connectivity index (χ0v) is 13.0. The van der Waals surface area contributed by atoms with E-state index in [1.54, 1.807) is 12.3 Å². The summed E-state index contributed by atoms with van der Waals surface area (Å²) in [6, 6.07) is 5.70. The number of carbonyl (C=O) groups is 1. The topological polar surface area (TPSA) is 45.5 Å². The minimum atomic E-state index is -0.0296. The maximum absolute atomic E-state index is 12.6. The first-order valence-electron chi connectivity index (χ1n) is 8.24. The van der Waals surface area contributed by atoms with Gasteiger partial charge < -0.3 is 14.6 Å². The van der Waals surface area contributed by atoms with Gasteiger partial charge in [0.05, 0.1) is 5.56 Å². The van der Waals surface area contributed by atoms with Crippen molar-refractivity contribution >= 4 is 16.9 Å². The second-order valence-corrected chi connectivity index (χ2v) is 6.65. The number of terminal acetylenes is 1. The lowest BCUT2D eigenvalue weighted by Gasteiger charge is -2.26. The molecule has 3 saturated heterocycles. The largest absolute Gasteiger partial charge is 0.463 e. The van der Waals surface area contributed by atoms with Crippen molar-refractivity contribution in [3.8, 4) is 12.3 Å². The van der Waals surface area contributed by atoms with E-state index >= 15 is 0 Å². The van der Waals surface area contributed by atoms with Crippen molar-refractivity contribution in [2.45, 2.75) is 25.3 Å². The monoisotopic (exact) mass is 308 g/mol. The summed E-state index contributed by atoms with van der Waals surface area (Å²) in [6.07, 6.45) is 10.6. The summed E-state index contributed by atoms with van der Waals surface area (Å²) in [4.78, 5) is 15.0. The fourth-order valence-corrected chi connectivity index (χ4v) is 3.85. The number of hydrogen-bond donors (Lipinski definition) is 1. The molecule has 3 fully saturated rings. The molecule has 4 nitrogen and oxygen atoms in total. The summed E-state index contributed by atoms with van der Waals surface area (Å²) in [5.74, 6) is 3.31. The molecule has 0 aliphatic carbocycles. The molecule has 0 radical (unpaired) electrons. The third-order valence-electron chi connectivity index (χ3n) is 5.13. The Balaban J connectivity index is 1.51. The fraction of sp³-hybridized carbons (Fsp3) is 0.421. The summed E-state index contributed by atoms with van der Waals surface area (Å²) >= 11 is 0. The highest BCUT2D eigenvalue weighted by molar-refractivity contribution is 5.98. The molecule has 23 heavy (non-hydrogen) atoms. The van der Waals surface area contributed by atoms with E-state index in [4.69, 9.17) is 10.8 Å². The molecule has 1 atom stereocenters. The highest BCUT2D eigenvalue weighted by Crippen LogP contribution is 2.27. The maximum atomic E-state index is 12.6. The third-order valence-corrected chi connectivity index (χ3v) is 5.13. The zero-order chi connectivity index (χ0) is 15.8. The number of hydrogen-bond acceptors (Lipinski definition) is 3. The number of carbonyl (C=O) groups excluding carboxylic acids is 1. The normalized spacial score (nSPS) is 26.7. The molecule has 1 aromatic carbocycles. The number of benzene rings is 1. The number of nitrogens with one attached hydrogen (secondary N) is 1. The van der Waals surface area contributed by atoms with E-state index in [0.29, 0.717) is 11.1 Å². The van der Waals surface area contributed by atoms with Crippen LogP contribution in [0.3, 0.4) is 0 Å². The molecule has 0 spiro atoms. The Morgan fingerprint density at radius 2 is 2.17 bits per heavy atom. The molecule has 3 aliphatic rings. The molecule has 118 valence electrons. The molecule has 4 heteroatoms. The number of piperidine rings is 1. The van der Waals surface area contributed by atoms with Crippen molar-refractivity contribution in [1.29, 1.82) is 0 Å². The van der Waals surface area contributed by atoms with Crippen LogP contribution in [0.4, 0.5) is 0 Å². The van der Waals surface area contributed by atoms with Gasteiger partial charge in [-0.05, 0) is 56.5 Å². The molecule has 2 bridgehead atoms. The van der Waals surface area contributed by atoms with Crippen molar-refractivity contribution in [3.05, 3.63) is 35.6 Å². The Kier molecular flexibility index (Phi) is 3.59. The predicted molar refractivity (Wildman–Crippen MR) is 89.2 cm³/mol. The summed E-state index contributed by atoms with van der Waals surface area (Å²) in [5.41, 5.74) is 2.01. The Morgan fingerprint density at radius 3 is 2.96 bits per heavy atom. The Bertz CT molecular complexity index is 764. The maximum Gasteiger partial charge on any atom is 0.251 e. The van der Waals surface area contributed by atoms with Gasteiger partial charge in [-0.1, -0.05) is 5.92 Å². The molecule has 1 aromatic heterocycles. The zero-order valence-electron chi connectivity index (χ0n) is 13.0. The average molecular weight is 308 g/mol. The van der Waals surface area contributed by atoms with Crippen LogP contribution >= 0.6 is 0 Å². The minimum Gasteiger partial charge on any atom is -0.463 e. The lowest BCUT2D eigenvalue weighted by Crippen LogP contribution is -2.41. The molecule has 0 saturated carbocycles. The first-order valence-corrected chi connectivity index (χ1v) is 8.24. The van der Waals surface area contributed by atoms with E-state index in [1.807, 2.05) is 12.1 Å². The summed E-state index contributed by atoms with van der Waals surface area (Å²) in [5, 5.41) is 4.08. The van der Waals surface area contributed by atoms with Crippen LogP contribution < -0.4 is 5.32 Å². The van der Waals surface area contributed by atoms with Crippen molar-refractivity contribution in [2.24, 2.45) is 5.92 Å². The molecule has 1 amide bonds. The van der Waals surface area contributed by atoms with Crippen LogP contribution in [0.25, 0.3) is 11.0 Å². The highest BCUT2D eigenvalue weighted by Gasteiger charge is 2.30. The number of nitrogens with zero attached hydrogens (tertiary/aromatic N) is 1. The summed E-state index contributed by atoms with van der Waals surface area (Å²) in [7, 11) is 0. The van der Waals surface area contributed by atoms with Crippen LogP contribution in [0, 0.1) is 18.3 Å².